The van der Waals surface area contributed by atoms with E-state index in [0.29, 0.717) is 34.3 Å². The summed E-state index contributed by atoms with van der Waals surface area (Å²) >= 11 is 0. The monoisotopic (exact) mass is 506 g/mol. The molecule has 0 radical (unpaired) electrons. The van der Waals surface area contributed by atoms with E-state index >= 15 is 0 Å². The molecule has 1 amide bonds. The largest absolute Gasteiger partial charge is 0.493 e. The lowest BCUT2D eigenvalue weighted by atomic mass is 10.1. The summed E-state index contributed by atoms with van der Waals surface area (Å²) in [5, 5.41) is 3.96. The van der Waals surface area contributed by atoms with Gasteiger partial charge in [0.05, 0.1) is 33.1 Å². The molecule has 37 heavy (non-hydrogen) atoms. The van der Waals surface area contributed by atoms with Crippen molar-refractivity contribution in [3.63, 3.8) is 0 Å². The maximum Gasteiger partial charge on any atom is 0.343 e. The molecule has 9 heteroatoms. The second-order valence-corrected chi connectivity index (χ2v) is 8.11. The summed E-state index contributed by atoms with van der Waals surface area (Å²) in [6.07, 6.45) is 1.48. The Hall–Kier alpha value is -4.53. The average Bonchev–Trinajstić information content (AvgIpc) is 2.90. The van der Waals surface area contributed by atoms with E-state index in [1.54, 1.807) is 24.3 Å². The topological polar surface area (TPSA) is 105 Å². The van der Waals surface area contributed by atoms with Gasteiger partial charge in [-0.1, -0.05) is 12.1 Å². The normalized spacial score (nSPS) is 10.6. The molecule has 0 aliphatic carbocycles. The Balaban J connectivity index is 1.56. The summed E-state index contributed by atoms with van der Waals surface area (Å²) < 4.78 is 27.0. The van der Waals surface area contributed by atoms with Crippen molar-refractivity contribution in [3.8, 4) is 28.7 Å². The molecule has 0 aliphatic heterocycles. The van der Waals surface area contributed by atoms with Gasteiger partial charge in [0.1, 0.15) is 11.5 Å². The molecule has 0 aliphatic rings. The van der Waals surface area contributed by atoms with E-state index in [9.17, 15) is 9.59 Å². The van der Waals surface area contributed by atoms with Gasteiger partial charge >= 0.3 is 5.97 Å². The highest BCUT2D eigenvalue weighted by Crippen LogP contribution is 2.38. The molecule has 194 valence electrons. The smallest absolute Gasteiger partial charge is 0.343 e. The molecule has 9 nitrogen and oxygen atoms in total. The molecule has 0 bridgehead atoms. The summed E-state index contributed by atoms with van der Waals surface area (Å²) in [6.45, 7) is 5.73. The zero-order valence-corrected chi connectivity index (χ0v) is 21.7. The molecule has 0 spiro atoms. The van der Waals surface area contributed by atoms with E-state index in [0.717, 1.165) is 16.7 Å². The number of hydrazone groups is 1. The fourth-order valence-electron chi connectivity index (χ4n) is 3.48. The van der Waals surface area contributed by atoms with Crippen LogP contribution in [0.4, 0.5) is 0 Å². The van der Waals surface area contributed by atoms with Gasteiger partial charge in [0.15, 0.2) is 18.1 Å². The highest BCUT2D eigenvalue weighted by atomic mass is 16.5. The highest BCUT2D eigenvalue weighted by Gasteiger charge is 2.18. The van der Waals surface area contributed by atoms with Crippen molar-refractivity contribution < 1.29 is 33.3 Å². The maximum atomic E-state index is 12.6. The van der Waals surface area contributed by atoms with Crippen LogP contribution in [0.5, 0.6) is 28.7 Å². The van der Waals surface area contributed by atoms with Crippen LogP contribution in [0.3, 0.4) is 0 Å². The van der Waals surface area contributed by atoms with Gasteiger partial charge in [0.25, 0.3) is 5.91 Å². The lowest BCUT2D eigenvalue weighted by Gasteiger charge is -2.13. The molecule has 0 saturated heterocycles. The van der Waals surface area contributed by atoms with Crippen molar-refractivity contribution in [2.24, 2.45) is 5.10 Å². The third-order valence-corrected chi connectivity index (χ3v) is 5.62. The fraction of sp³-hybridized carbons (Fsp3) is 0.250. The molecule has 3 aromatic carbocycles. The van der Waals surface area contributed by atoms with Gasteiger partial charge in [0, 0.05) is 0 Å². The number of benzene rings is 3. The summed E-state index contributed by atoms with van der Waals surface area (Å²) in [4.78, 5) is 24.8. The number of esters is 1. The number of nitrogens with one attached hydrogen (secondary N) is 1. The molecule has 0 unspecified atom stereocenters. The fourth-order valence-corrected chi connectivity index (χ4v) is 3.48. The predicted octanol–water partition coefficient (Wildman–Crippen LogP) is 4.39. The first kappa shape index (κ1) is 27.1. The first-order valence-electron chi connectivity index (χ1n) is 11.4. The Bertz CT molecular complexity index is 1280. The number of ether oxygens (including phenoxy) is 5. The zero-order valence-electron chi connectivity index (χ0n) is 21.7. The van der Waals surface area contributed by atoms with Crippen LogP contribution >= 0.6 is 0 Å². The van der Waals surface area contributed by atoms with Gasteiger partial charge in [-0.05, 0) is 79.4 Å². The predicted molar refractivity (Wildman–Crippen MR) is 139 cm³/mol. The number of carbonyl (C=O) groups excluding carboxylic acids is 2. The van der Waals surface area contributed by atoms with E-state index in [4.69, 9.17) is 23.7 Å². The lowest BCUT2D eigenvalue weighted by Crippen LogP contribution is -2.25. The van der Waals surface area contributed by atoms with Crippen molar-refractivity contribution in [1.29, 1.82) is 0 Å². The quantitative estimate of drug-likeness (QED) is 0.188. The van der Waals surface area contributed by atoms with Gasteiger partial charge < -0.3 is 23.7 Å². The zero-order chi connectivity index (χ0) is 26.9. The van der Waals surface area contributed by atoms with E-state index in [1.165, 1.54) is 39.7 Å². The Kier molecular flexibility index (Phi) is 9.10. The minimum Gasteiger partial charge on any atom is -0.493 e. The number of aryl methyl sites for hydroxylation is 2. The van der Waals surface area contributed by atoms with Crippen LogP contribution in [0.25, 0.3) is 0 Å². The minimum absolute atomic E-state index is 0.154. The Morgan fingerprint density at radius 2 is 1.46 bits per heavy atom. The molecule has 0 heterocycles. The number of nitrogens with zero attached hydrogens (tertiary/aromatic N) is 1. The van der Waals surface area contributed by atoms with Crippen LogP contribution in [0, 0.1) is 20.8 Å². The molecule has 0 saturated carbocycles. The Morgan fingerprint density at radius 1 is 0.838 bits per heavy atom. The van der Waals surface area contributed by atoms with Crippen molar-refractivity contribution in [3.05, 3.63) is 76.3 Å². The Morgan fingerprint density at radius 3 is 2.05 bits per heavy atom. The average molecular weight is 507 g/mol. The second-order valence-electron chi connectivity index (χ2n) is 8.11. The molecule has 0 aromatic heterocycles. The molecular formula is C28H30N2O7. The van der Waals surface area contributed by atoms with E-state index in [-0.39, 0.29) is 18.1 Å². The first-order valence-corrected chi connectivity index (χ1v) is 11.4. The molecule has 3 rings (SSSR count). The van der Waals surface area contributed by atoms with Crippen LogP contribution in [0.15, 0.2) is 53.6 Å². The van der Waals surface area contributed by atoms with Crippen molar-refractivity contribution >= 4 is 18.1 Å². The van der Waals surface area contributed by atoms with Crippen LogP contribution in [0.1, 0.15) is 32.6 Å². The molecular weight excluding hydrogens is 476 g/mol. The summed E-state index contributed by atoms with van der Waals surface area (Å²) in [5.41, 5.74) is 6.43. The van der Waals surface area contributed by atoms with E-state index in [1.807, 2.05) is 32.9 Å². The number of hydrogen-bond acceptors (Lipinski definition) is 8. The van der Waals surface area contributed by atoms with E-state index < -0.39 is 5.97 Å². The van der Waals surface area contributed by atoms with Crippen molar-refractivity contribution in [2.75, 3.05) is 27.9 Å². The molecule has 3 aromatic rings. The van der Waals surface area contributed by atoms with Crippen LogP contribution in [-0.2, 0) is 4.79 Å². The number of methoxy groups -OCH3 is 3. The van der Waals surface area contributed by atoms with Gasteiger partial charge in [-0.3, -0.25) is 4.79 Å². The highest BCUT2D eigenvalue weighted by molar-refractivity contribution is 5.93. The minimum atomic E-state index is -0.591. The molecule has 1 N–H and O–H groups in total. The summed E-state index contributed by atoms with van der Waals surface area (Å²) in [6, 6.07) is 13.6. The third-order valence-electron chi connectivity index (χ3n) is 5.62. The van der Waals surface area contributed by atoms with Crippen molar-refractivity contribution in [1.82, 2.24) is 5.43 Å². The number of rotatable bonds is 10. The van der Waals surface area contributed by atoms with Crippen LogP contribution in [-0.4, -0.2) is 46.0 Å². The second kappa shape index (κ2) is 12.4. The summed E-state index contributed by atoms with van der Waals surface area (Å²) in [5.74, 6) is 1.13. The molecule has 0 atom stereocenters. The van der Waals surface area contributed by atoms with Gasteiger partial charge in [-0.2, -0.15) is 5.10 Å². The number of hydrogen-bond donors (Lipinski definition) is 1. The van der Waals surface area contributed by atoms with Gasteiger partial charge in [-0.15, -0.1) is 0 Å². The maximum absolute atomic E-state index is 12.6. The van der Waals surface area contributed by atoms with Crippen molar-refractivity contribution in [2.45, 2.75) is 20.8 Å². The third kappa shape index (κ3) is 6.78. The van der Waals surface area contributed by atoms with E-state index in [2.05, 4.69) is 10.5 Å². The Labute approximate surface area is 216 Å². The number of amides is 1. The van der Waals surface area contributed by atoms with Gasteiger partial charge in [0.2, 0.25) is 5.75 Å². The summed E-state index contributed by atoms with van der Waals surface area (Å²) in [7, 11) is 4.41. The van der Waals surface area contributed by atoms with Crippen LogP contribution in [0.2, 0.25) is 0 Å². The standard InChI is InChI=1S/C28H30N2O7/c1-17-7-8-18(2)26(19(17)3)36-16-25(31)30-29-15-20-9-11-22(12-10-20)37-28(32)21-13-23(33-4)27(35-6)24(14-21)34-5/h7-15H,16H2,1-6H3,(H,30,31). The van der Waals surface area contributed by atoms with Gasteiger partial charge in [-0.25, -0.2) is 10.2 Å². The number of carbonyl (C=O) groups is 2. The van der Waals surface area contributed by atoms with Crippen LogP contribution < -0.4 is 29.1 Å². The first-order chi connectivity index (χ1) is 17.8. The lowest BCUT2D eigenvalue weighted by molar-refractivity contribution is -0.123. The SMILES string of the molecule is COc1cc(C(=O)Oc2ccc(C=NNC(=O)COc3c(C)ccc(C)c3C)cc2)cc(OC)c1OC. The molecule has 0 fully saturated rings.